The fourth-order valence-corrected chi connectivity index (χ4v) is 6.42. The van der Waals surface area contributed by atoms with Gasteiger partial charge in [-0.3, -0.25) is 28.8 Å². The molecule has 0 spiro atoms. The smallest absolute Gasteiger partial charge is 0.155 e. The third-order valence-corrected chi connectivity index (χ3v) is 10.0. The van der Waals surface area contributed by atoms with Crippen LogP contribution in [0.15, 0.2) is 75.9 Å². The lowest BCUT2D eigenvalue weighted by Gasteiger charge is -2.37. The average molecular weight is 873 g/mol. The van der Waals surface area contributed by atoms with Crippen molar-refractivity contribution in [3.8, 4) is 0 Å². The van der Waals surface area contributed by atoms with Crippen molar-refractivity contribution >= 4 is 34.7 Å². The number of ketones is 6. The quantitative estimate of drug-likeness (QED) is 0.0437. The summed E-state index contributed by atoms with van der Waals surface area (Å²) in [7, 11) is 0. The third kappa shape index (κ3) is 31.9. The standard InChI is InChI=1S/C49H76O13/c1-7-42(50)19-13-25-48(26-14-20-43(51)8-2,27-15-21-44(52)9-3)37-62-41-49(38-59-34-31-56-28-16-22-45(53)10-4,39-60-35-32-57-29-17-23-46(54)11-5)40-61-36-33-58-30-18-24-47(55)12-6/h7-12H,1-6,13-41H2. The second-order valence-corrected chi connectivity index (χ2v) is 15.4. The maximum atomic E-state index is 12.3. The van der Waals surface area contributed by atoms with Gasteiger partial charge in [0.15, 0.2) is 34.7 Å². The van der Waals surface area contributed by atoms with E-state index >= 15 is 0 Å². The molecule has 0 rings (SSSR count). The Morgan fingerprint density at radius 1 is 0.290 bits per heavy atom. The van der Waals surface area contributed by atoms with Crippen molar-refractivity contribution in [2.45, 2.75) is 96.3 Å². The summed E-state index contributed by atoms with van der Waals surface area (Å²) in [6.07, 6.45) is 15.1. The zero-order valence-corrected chi connectivity index (χ0v) is 37.5. The molecule has 0 amide bonds. The Kier molecular flexibility index (Phi) is 36.4. The molecule has 0 aromatic rings. The number of carbonyl (C=O) groups excluding carboxylic acids is 6. The van der Waals surface area contributed by atoms with E-state index in [1.54, 1.807) is 0 Å². The maximum absolute atomic E-state index is 12.3. The van der Waals surface area contributed by atoms with Crippen molar-refractivity contribution in [3.05, 3.63) is 75.9 Å². The normalized spacial score (nSPS) is 11.4. The second-order valence-electron chi connectivity index (χ2n) is 15.4. The van der Waals surface area contributed by atoms with Gasteiger partial charge in [-0.05, 0) is 99.7 Å². The van der Waals surface area contributed by atoms with E-state index in [2.05, 4.69) is 39.5 Å². The molecule has 0 heterocycles. The number of hydrogen-bond acceptors (Lipinski definition) is 13. The molecule has 0 fully saturated rings. The summed E-state index contributed by atoms with van der Waals surface area (Å²) in [6.45, 7) is 25.1. The molecule has 0 radical (unpaired) electrons. The van der Waals surface area contributed by atoms with E-state index in [0.717, 1.165) is 0 Å². The lowest BCUT2D eigenvalue weighted by molar-refractivity contribution is -0.128. The monoisotopic (exact) mass is 873 g/mol. The summed E-state index contributed by atoms with van der Waals surface area (Å²) in [6, 6.07) is 0. The van der Waals surface area contributed by atoms with Gasteiger partial charge in [-0.25, -0.2) is 0 Å². The molecule has 0 bridgehead atoms. The van der Waals surface area contributed by atoms with E-state index in [1.807, 2.05) is 0 Å². The average Bonchev–Trinajstić information content (AvgIpc) is 3.28. The Balaban J connectivity index is 6.28. The van der Waals surface area contributed by atoms with Crippen LogP contribution in [0.5, 0.6) is 0 Å². The largest absolute Gasteiger partial charge is 0.380 e. The van der Waals surface area contributed by atoms with Crippen LogP contribution in [0.3, 0.4) is 0 Å². The molecular weight excluding hydrogens is 797 g/mol. The SMILES string of the molecule is C=CC(=O)CCCOCCOCC(COCCOCCCC(=O)C=C)(COCCOCCCC(=O)C=C)COCC(CCCC(=O)C=C)(CCCC(=O)C=C)CCCC(=O)C=C. The maximum Gasteiger partial charge on any atom is 0.155 e. The van der Waals surface area contributed by atoms with Gasteiger partial charge in [0.25, 0.3) is 0 Å². The predicted molar refractivity (Wildman–Crippen MR) is 241 cm³/mol. The highest BCUT2D eigenvalue weighted by molar-refractivity contribution is 5.90. The molecule has 0 saturated heterocycles. The Morgan fingerprint density at radius 3 is 0.790 bits per heavy atom. The highest BCUT2D eigenvalue weighted by atomic mass is 16.6. The number of allylic oxidation sites excluding steroid dienone is 6. The Hall–Kier alpha value is -3.82. The van der Waals surface area contributed by atoms with Crippen molar-refractivity contribution < 1.29 is 61.9 Å². The molecule has 13 heteroatoms. The minimum Gasteiger partial charge on any atom is -0.380 e. The molecule has 0 saturated carbocycles. The first-order valence-electron chi connectivity index (χ1n) is 21.9. The number of rotatable bonds is 49. The molecule has 0 aromatic carbocycles. The second kappa shape index (κ2) is 38.8. The van der Waals surface area contributed by atoms with Crippen LogP contribution in [0, 0.1) is 10.8 Å². The first kappa shape index (κ1) is 58.2. The van der Waals surface area contributed by atoms with Gasteiger partial charge in [-0.1, -0.05) is 39.5 Å². The van der Waals surface area contributed by atoms with E-state index in [9.17, 15) is 28.8 Å². The van der Waals surface area contributed by atoms with Gasteiger partial charge < -0.3 is 33.2 Å². The molecule has 0 atom stereocenters. The zero-order chi connectivity index (χ0) is 46.2. The number of carbonyl (C=O) groups is 6. The van der Waals surface area contributed by atoms with Crippen LogP contribution >= 0.6 is 0 Å². The van der Waals surface area contributed by atoms with Crippen LogP contribution in [-0.2, 0) is 61.9 Å². The molecule has 0 aliphatic heterocycles. The summed E-state index contributed by atoms with van der Waals surface area (Å²) in [5.74, 6) is -0.313. The van der Waals surface area contributed by atoms with Gasteiger partial charge in [0.1, 0.15) is 0 Å². The number of ether oxygens (including phenoxy) is 7. The van der Waals surface area contributed by atoms with Crippen LogP contribution in [0.1, 0.15) is 96.3 Å². The van der Waals surface area contributed by atoms with Crippen LogP contribution in [0.4, 0.5) is 0 Å². The molecule has 0 aromatic heterocycles. The third-order valence-electron chi connectivity index (χ3n) is 10.0. The van der Waals surface area contributed by atoms with Gasteiger partial charge in [-0.15, -0.1) is 0 Å². The van der Waals surface area contributed by atoms with E-state index in [-0.39, 0.29) is 87.6 Å². The molecule has 0 N–H and O–H groups in total. The Morgan fingerprint density at radius 2 is 0.516 bits per heavy atom. The first-order valence-corrected chi connectivity index (χ1v) is 21.9. The highest BCUT2D eigenvalue weighted by Crippen LogP contribution is 2.38. The van der Waals surface area contributed by atoms with Gasteiger partial charge in [0, 0.05) is 58.3 Å². The molecule has 0 aliphatic rings. The minimum atomic E-state index is -0.828. The van der Waals surface area contributed by atoms with E-state index < -0.39 is 10.8 Å². The van der Waals surface area contributed by atoms with E-state index in [0.29, 0.717) is 136 Å². The Bertz CT molecular complexity index is 1210. The molecule has 0 unspecified atom stereocenters. The minimum absolute atomic E-state index is 0.0409. The number of hydrogen-bond donors (Lipinski definition) is 0. The van der Waals surface area contributed by atoms with Crippen LogP contribution < -0.4 is 0 Å². The van der Waals surface area contributed by atoms with Gasteiger partial charge in [0.05, 0.1) is 78.1 Å². The topological polar surface area (TPSA) is 167 Å². The van der Waals surface area contributed by atoms with E-state index in [4.69, 9.17) is 33.2 Å². The fourth-order valence-electron chi connectivity index (χ4n) is 6.42. The van der Waals surface area contributed by atoms with Crippen molar-refractivity contribution in [1.82, 2.24) is 0 Å². The van der Waals surface area contributed by atoms with Gasteiger partial charge in [-0.2, -0.15) is 0 Å². The van der Waals surface area contributed by atoms with Crippen LogP contribution in [0.25, 0.3) is 0 Å². The van der Waals surface area contributed by atoms with Crippen molar-refractivity contribution in [2.24, 2.45) is 10.8 Å². The van der Waals surface area contributed by atoms with E-state index in [1.165, 1.54) is 36.5 Å². The van der Waals surface area contributed by atoms with Crippen LogP contribution in [-0.4, -0.2) is 127 Å². The van der Waals surface area contributed by atoms with Crippen LogP contribution in [0.2, 0.25) is 0 Å². The van der Waals surface area contributed by atoms with Gasteiger partial charge in [0.2, 0.25) is 0 Å². The lowest BCUT2D eigenvalue weighted by atomic mass is 9.74. The highest BCUT2D eigenvalue weighted by Gasteiger charge is 2.36. The summed E-state index contributed by atoms with van der Waals surface area (Å²) in [4.78, 5) is 71.5. The Labute approximate surface area is 371 Å². The fraction of sp³-hybridized carbons (Fsp3) is 0.633. The van der Waals surface area contributed by atoms with Crippen molar-refractivity contribution in [1.29, 1.82) is 0 Å². The summed E-state index contributed by atoms with van der Waals surface area (Å²) < 4.78 is 42.4. The molecule has 350 valence electrons. The predicted octanol–water partition coefficient (Wildman–Crippen LogP) is 7.46. The van der Waals surface area contributed by atoms with Gasteiger partial charge >= 0.3 is 0 Å². The molecule has 13 nitrogen and oxygen atoms in total. The zero-order valence-electron chi connectivity index (χ0n) is 37.5. The summed E-state index contributed by atoms with van der Waals surface area (Å²) in [5, 5.41) is 0. The van der Waals surface area contributed by atoms with Crippen molar-refractivity contribution in [3.63, 3.8) is 0 Å². The molecule has 0 aliphatic carbocycles. The first-order chi connectivity index (χ1) is 29.9. The van der Waals surface area contributed by atoms with Crippen molar-refractivity contribution in [2.75, 3.05) is 92.5 Å². The molecular formula is C49H76O13. The summed E-state index contributed by atoms with van der Waals surface area (Å²) in [5.41, 5.74) is -1.30. The summed E-state index contributed by atoms with van der Waals surface area (Å²) >= 11 is 0. The lowest BCUT2D eigenvalue weighted by Crippen LogP contribution is -2.43. The molecule has 62 heavy (non-hydrogen) atoms.